The van der Waals surface area contributed by atoms with Gasteiger partial charge in [-0.25, -0.2) is 4.39 Å². The molecule has 0 heterocycles. The molecule has 0 fully saturated rings. The monoisotopic (exact) mass is 453 g/mol. The lowest BCUT2D eigenvalue weighted by molar-refractivity contribution is 0.281. The zero-order chi connectivity index (χ0) is 23.1. The lowest BCUT2D eigenvalue weighted by Gasteiger charge is -2.16. The van der Waals surface area contributed by atoms with E-state index in [1.807, 2.05) is 61.5 Å². The number of nitrogens with zero attached hydrogens (tertiary/aromatic N) is 1. The molecule has 0 saturated heterocycles. The Bertz CT molecular complexity index is 1060. The SMILES string of the molecule is COc1ccc(/C(C)=C(\c2ccc(Cl)cc2)c2ccc(OCCCN(C)C)cc2)cc1F. The molecular formula is C27H29ClFNO2. The van der Waals surface area contributed by atoms with Gasteiger partial charge in [0.2, 0.25) is 0 Å². The van der Waals surface area contributed by atoms with Gasteiger partial charge in [0.05, 0.1) is 13.7 Å². The Labute approximate surface area is 195 Å². The van der Waals surface area contributed by atoms with E-state index < -0.39 is 0 Å². The quantitative estimate of drug-likeness (QED) is 0.263. The standard InChI is InChI=1S/C27H29ClFNO2/c1-19(22-10-15-26(31-4)25(29)18-22)27(20-6-11-23(28)12-7-20)21-8-13-24(14-9-21)32-17-5-16-30(2)3/h6-15,18H,5,16-17H2,1-4H3/b27-19+. The molecule has 0 radical (unpaired) electrons. The van der Waals surface area contributed by atoms with Gasteiger partial charge in [0.15, 0.2) is 11.6 Å². The summed E-state index contributed by atoms with van der Waals surface area (Å²) in [5, 5.41) is 0.669. The van der Waals surface area contributed by atoms with Gasteiger partial charge in [-0.2, -0.15) is 0 Å². The summed E-state index contributed by atoms with van der Waals surface area (Å²) < 4.78 is 25.3. The molecule has 0 unspecified atom stereocenters. The van der Waals surface area contributed by atoms with Crippen LogP contribution in [0.3, 0.4) is 0 Å². The molecule has 0 aliphatic rings. The van der Waals surface area contributed by atoms with Crippen molar-refractivity contribution in [2.45, 2.75) is 13.3 Å². The molecule has 0 N–H and O–H groups in total. The van der Waals surface area contributed by atoms with Crippen LogP contribution in [-0.2, 0) is 0 Å². The van der Waals surface area contributed by atoms with Crippen LogP contribution >= 0.6 is 11.6 Å². The van der Waals surface area contributed by atoms with Crippen LogP contribution in [0.15, 0.2) is 66.7 Å². The zero-order valence-electron chi connectivity index (χ0n) is 19.0. The lowest BCUT2D eigenvalue weighted by atomic mass is 9.90. The fourth-order valence-electron chi connectivity index (χ4n) is 3.55. The first-order valence-corrected chi connectivity index (χ1v) is 11.0. The van der Waals surface area contributed by atoms with E-state index >= 15 is 0 Å². The lowest BCUT2D eigenvalue weighted by Crippen LogP contribution is -2.15. The first-order valence-electron chi connectivity index (χ1n) is 10.6. The Kier molecular flexibility index (Phi) is 8.32. The molecule has 5 heteroatoms. The predicted octanol–water partition coefficient (Wildman–Crippen LogP) is 6.80. The van der Waals surface area contributed by atoms with Gasteiger partial charge in [-0.15, -0.1) is 0 Å². The molecule has 0 amide bonds. The predicted molar refractivity (Wildman–Crippen MR) is 131 cm³/mol. The first-order chi connectivity index (χ1) is 15.4. The van der Waals surface area contributed by atoms with Crippen molar-refractivity contribution in [2.24, 2.45) is 0 Å². The Morgan fingerprint density at radius 2 is 1.50 bits per heavy atom. The Balaban J connectivity index is 1.96. The van der Waals surface area contributed by atoms with Gasteiger partial charge in [0, 0.05) is 11.6 Å². The smallest absolute Gasteiger partial charge is 0.165 e. The highest BCUT2D eigenvalue weighted by atomic mass is 35.5. The summed E-state index contributed by atoms with van der Waals surface area (Å²) >= 11 is 6.11. The Morgan fingerprint density at radius 1 is 0.906 bits per heavy atom. The van der Waals surface area contributed by atoms with Crippen molar-refractivity contribution in [3.05, 3.63) is 94.3 Å². The van der Waals surface area contributed by atoms with Crippen LogP contribution in [0.4, 0.5) is 4.39 Å². The minimum atomic E-state index is -0.388. The van der Waals surface area contributed by atoms with Gasteiger partial charge in [-0.05, 0) is 91.7 Å². The van der Waals surface area contributed by atoms with E-state index in [1.165, 1.54) is 13.2 Å². The molecule has 0 bridgehead atoms. The van der Waals surface area contributed by atoms with Crippen LogP contribution in [0.1, 0.15) is 30.0 Å². The van der Waals surface area contributed by atoms with E-state index in [2.05, 4.69) is 19.0 Å². The summed E-state index contributed by atoms with van der Waals surface area (Å²) in [5.41, 5.74) is 4.76. The molecule has 168 valence electrons. The number of hydrogen-bond donors (Lipinski definition) is 0. The van der Waals surface area contributed by atoms with Crippen LogP contribution in [0, 0.1) is 5.82 Å². The molecule has 32 heavy (non-hydrogen) atoms. The van der Waals surface area contributed by atoms with Gasteiger partial charge < -0.3 is 14.4 Å². The number of halogens is 2. The number of benzene rings is 3. The highest BCUT2D eigenvalue weighted by Gasteiger charge is 2.13. The van der Waals surface area contributed by atoms with Gasteiger partial charge in [0.25, 0.3) is 0 Å². The molecule has 0 atom stereocenters. The number of ether oxygens (including phenoxy) is 2. The molecule has 0 aliphatic carbocycles. The van der Waals surface area contributed by atoms with Crippen molar-refractivity contribution < 1.29 is 13.9 Å². The molecule has 0 spiro atoms. The maximum absolute atomic E-state index is 14.4. The van der Waals surface area contributed by atoms with Crippen molar-refractivity contribution in [3.63, 3.8) is 0 Å². The fraction of sp³-hybridized carbons (Fsp3) is 0.259. The third-order valence-corrected chi connectivity index (χ3v) is 5.51. The molecule has 3 aromatic rings. The molecule has 3 nitrogen and oxygen atoms in total. The first kappa shape index (κ1) is 23.8. The molecule has 0 aromatic heterocycles. The van der Waals surface area contributed by atoms with Crippen molar-refractivity contribution in [1.82, 2.24) is 4.90 Å². The normalized spacial score (nSPS) is 12.0. The van der Waals surface area contributed by atoms with Gasteiger partial charge in [-0.1, -0.05) is 41.9 Å². The average Bonchev–Trinajstić information content (AvgIpc) is 2.79. The van der Waals surface area contributed by atoms with E-state index in [-0.39, 0.29) is 11.6 Å². The summed E-state index contributed by atoms with van der Waals surface area (Å²) in [6, 6.07) is 20.7. The zero-order valence-corrected chi connectivity index (χ0v) is 19.7. The Morgan fingerprint density at radius 3 is 2.06 bits per heavy atom. The maximum atomic E-state index is 14.4. The van der Waals surface area contributed by atoms with Gasteiger partial charge in [0.1, 0.15) is 5.75 Å². The average molecular weight is 454 g/mol. The Hall–Kier alpha value is -2.82. The second kappa shape index (κ2) is 11.2. The third kappa shape index (κ3) is 6.12. The van der Waals surface area contributed by atoms with Crippen LogP contribution in [0.25, 0.3) is 11.1 Å². The van der Waals surface area contributed by atoms with Crippen LogP contribution in [0.2, 0.25) is 5.02 Å². The third-order valence-electron chi connectivity index (χ3n) is 5.25. The minimum absolute atomic E-state index is 0.227. The highest BCUT2D eigenvalue weighted by molar-refractivity contribution is 6.30. The van der Waals surface area contributed by atoms with E-state index in [0.717, 1.165) is 46.6 Å². The summed E-state index contributed by atoms with van der Waals surface area (Å²) in [7, 11) is 5.57. The summed E-state index contributed by atoms with van der Waals surface area (Å²) in [5.74, 6) is 0.669. The van der Waals surface area contributed by atoms with E-state index in [4.69, 9.17) is 21.1 Å². The topological polar surface area (TPSA) is 21.7 Å². The number of methoxy groups -OCH3 is 1. The molecule has 0 aliphatic heterocycles. The molecular weight excluding hydrogens is 425 g/mol. The van der Waals surface area contributed by atoms with E-state index in [1.54, 1.807) is 6.07 Å². The largest absolute Gasteiger partial charge is 0.494 e. The van der Waals surface area contributed by atoms with Crippen LogP contribution in [-0.4, -0.2) is 39.3 Å². The number of rotatable bonds is 9. The number of allylic oxidation sites excluding steroid dienone is 1. The maximum Gasteiger partial charge on any atom is 0.165 e. The van der Waals surface area contributed by atoms with Gasteiger partial charge in [-0.3, -0.25) is 0 Å². The van der Waals surface area contributed by atoms with E-state index in [0.29, 0.717) is 11.6 Å². The van der Waals surface area contributed by atoms with Crippen molar-refractivity contribution in [3.8, 4) is 11.5 Å². The highest BCUT2D eigenvalue weighted by Crippen LogP contribution is 2.34. The van der Waals surface area contributed by atoms with Crippen LogP contribution in [0.5, 0.6) is 11.5 Å². The summed E-state index contributed by atoms with van der Waals surface area (Å²) in [6.07, 6.45) is 0.965. The van der Waals surface area contributed by atoms with E-state index in [9.17, 15) is 4.39 Å². The second-order valence-electron chi connectivity index (χ2n) is 7.89. The molecule has 3 aromatic carbocycles. The summed E-state index contributed by atoms with van der Waals surface area (Å²) in [4.78, 5) is 2.14. The van der Waals surface area contributed by atoms with Crippen molar-refractivity contribution in [1.29, 1.82) is 0 Å². The molecule has 3 rings (SSSR count). The van der Waals surface area contributed by atoms with Crippen LogP contribution < -0.4 is 9.47 Å². The number of hydrogen-bond acceptors (Lipinski definition) is 3. The van der Waals surface area contributed by atoms with Gasteiger partial charge >= 0.3 is 0 Å². The summed E-state index contributed by atoms with van der Waals surface area (Å²) in [6.45, 7) is 3.65. The van der Waals surface area contributed by atoms with Crippen molar-refractivity contribution in [2.75, 3.05) is 34.4 Å². The molecule has 0 saturated carbocycles. The minimum Gasteiger partial charge on any atom is -0.494 e. The van der Waals surface area contributed by atoms with Crippen molar-refractivity contribution >= 4 is 22.7 Å². The fourth-order valence-corrected chi connectivity index (χ4v) is 3.67. The second-order valence-corrected chi connectivity index (χ2v) is 8.32.